The molecule has 0 N–H and O–H groups in total. The van der Waals surface area contributed by atoms with Gasteiger partial charge in [-0.3, -0.25) is 9.59 Å². The smallest absolute Gasteiger partial charge is 0.253 e. The van der Waals surface area contributed by atoms with Crippen LogP contribution in [0.2, 0.25) is 0 Å². The first-order chi connectivity index (χ1) is 15.0. The zero-order valence-corrected chi connectivity index (χ0v) is 18.7. The normalized spacial score (nSPS) is 22.7. The Morgan fingerprint density at radius 3 is 2.23 bits per heavy atom. The fourth-order valence-corrected chi connectivity index (χ4v) is 5.39. The van der Waals surface area contributed by atoms with Crippen molar-refractivity contribution in [1.29, 1.82) is 0 Å². The van der Waals surface area contributed by atoms with Crippen LogP contribution in [0.3, 0.4) is 0 Å². The first-order valence-corrected chi connectivity index (χ1v) is 11.3. The first-order valence-electron chi connectivity index (χ1n) is 11.3. The Balaban J connectivity index is 1.38. The number of benzene rings is 2. The second-order valence-corrected chi connectivity index (χ2v) is 9.46. The zero-order valence-electron chi connectivity index (χ0n) is 18.7. The summed E-state index contributed by atoms with van der Waals surface area (Å²) in [5.74, 6) is 0.693. The number of nitrogens with zero attached hydrogens (tertiary/aromatic N) is 3. The van der Waals surface area contributed by atoms with Crippen molar-refractivity contribution in [2.75, 3.05) is 46.8 Å². The molecule has 2 saturated heterocycles. The molecule has 2 aromatic carbocycles. The van der Waals surface area contributed by atoms with Gasteiger partial charge in [0.25, 0.3) is 5.91 Å². The van der Waals surface area contributed by atoms with Crippen LogP contribution in [0.4, 0.5) is 0 Å². The van der Waals surface area contributed by atoms with Gasteiger partial charge in [-0.05, 0) is 44.6 Å². The monoisotopic (exact) mass is 419 g/mol. The van der Waals surface area contributed by atoms with E-state index in [0.29, 0.717) is 12.3 Å². The Morgan fingerprint density at radius 1 is 0.935 bits per heavy atom. The van der Waals surface area contributed by atoms with E-state index in [0.717, 1.165) is 51.1 Å². The fraction of sp³-hybridized carbons (Fsp3) is 0.462. The van der Waals surface area contributed by atoms with Crippen molar-refractivity contribution >= 4 is 11.8 Å². The lowest BCUT2D eigenvalue weighted by atomic mass is 9.80. The van der Waals surface area contributed by atoms with Gasteiger partial charge in [0.1, 0.15) is 0 Å². The van der Waals surface area contributed by atoms with Gasteiger partial charge in [-0.2, -0.15) is 0 Å². The van der Waals surface area contributed by atoms with Crippen molar-refractivity contribution in [2.24, 2.45) is 11.3 Å². The van der Waals surface area contributed by atoms with Gasteiger partial charge >= 0.3 is 0 Å². The third-order valence-electron chi connectivity index (χ3n) is 6.75. The van der Waals surface area contributed by atoms with Crippen molar-refractivity contribution in [3.63, 3.8) is 0 Å². The standard InChI is InChI=1S/C26H33N3O2/c1-27(2)18-26-19-28(24(30)15-9-12-21-10-5-3-6-11-21)16-23(26)17-29(20-26)25(31)22-13-7-4-8-14-22/h3-8,10-11,13-14,23H,9,12,15-20H2,1-2H3/t23-,26+/m0/s1. The molecule has 0 radical (unpaired) electrons. The van der Waals surface area contributed by atoms with Crippen LogP contribution >= 0.6 is 0 Å². The van der Waals surface area contributed by atoms with Gasteiger partial charge in [0.2, 0.25) is 5.91 Å². The molecular weight excluding hydrogens is 386 g/mol. The molecular formula is C26H33N3O2. The number of hydrogen-bond acceptors (Lipinski definition) is 3. The van der Waals surface area contributed by atoms with E-state index in [1.54, 1.807) is 0 Å². The van der Waals surface area contributed by atoms with Crippen molar-refractivity contribution in [2.45, 2.75) is 19.3 Å². The molecule has 2 aliphatic heterocycles. The quantitative estimate of drug-likeness (QED) is 0.692. The summed E-state index contributed by atoms with van der Waals surface area (Å²) >= 11 is 0. The number of carbonyl (C=O) groups excluding carboxylic acids is 2. The van der Waals surface area contributed by atoms with E-state index in [9.17, 15) is 9.59 Å². The summed E-state index contributed by atoms with van der Waals surface area (Å²) in [7, 11) is 4.16. The topological polar surface area (TPSA) is 43.9 Å². The third-order valence-corrected chi connectivity index (χ3v) is 6.75. The molecule has 4 rings (SSSR count). The lowest BCUT2D eigenvalue weighted by molar-refractivity contribution is -0.130. The van der Waals surface area contributed by atoms with Crippen LogP contribution in [0, 0.1) is 11.3 Å². The van der Waals surface area contributed by atoms with E-state index in [1.165, 1.54) is 5.56 Å². The Hall–Kier alpha value is -2.66. The molecule has 0 aliphatic carbocycles. The highest BCUT2D eigenvalue weighted by molar-refractivity contribution is 5.94. The number of aryl methyl sites for hydroxylation is 1. The molecule has 2 atom stereocenters. The second-order valence-electron chi connectivity index (χ2n) is 9.46. The summed E-state index contributed by atoms with van der Waals surface area (Å²) in [6, 6.07) is 19.9. The van der Waals surface area contributed by atoms with E-state index in [1.807, 2.05) is 53.4 Å². The maximum atomic E-state index is 13.0. The average molecular weight is 420 g/mol. The molecule has 2 heterocycles. The summed E-state index contributed by atoms with van der Waals surface area (Å²) in [5.41, 5.74) is 1.99. The highest BCUT2D eigenvalue weighted by atomic mass is 16.2. The number of likely N-dealkylation sites (tertiary alicyclic amines) is 2. The van der Waals surface area contributed by atoms with Gasteiger partial charge in [0.15, 0.2) is 0 Å². The Bertz CT molecular complexity index is 899. The van der Waals surface area contributed by atoms with Crippen LogP contribution in [-0.2, 0) is 11.2 Å². The highest BCUT2D eigenvalue weighted by Gasteiger charge is 2.54. The summed E-state index contributed by atoms with van der Waals surface area (Å²) in [6.07, 6.45) is 2.40. The number of carbonyl (C=O) groups is 2. The Kier molecular flexibility index (Phi) is 6.42. The van der Waals surface area contributed by atoms with Crippen molar-refractivity contribution in [3.05, 3.63) is 71.8 Å². The van der Waals surface area contributed by atoms with E-state index in [4.69, 9.17) is 0 Å². The molecule has 164 valence electrons. The van der Waals surface area contributed by atoms with E-state index in [2.05, 4.69) is 36.0 Å². The molecule has 0 aromatic heterocycles. The predicted molar refractivity (Wildman–Crippen MR) is 123 cm³/mol. The largest absolute Gasteiger partial charge is 0.342 e. The number of hydrogen-bond donors (Lipinski definition) is 0. The van der Waals surface area contributed by atoms with Crippen LogP contribution in [0.25, 0.3) is 0 Å². The third kappa shape index (κ3) is 4.82. The Labute approximate surface area is 185 Å². The van der Waals surface area contributed by atoms with Gasteiger partial charge in [0, 0.05) is 56.0 Å². The van der Waals surface area contributed by atoms with Gasteiger partial charge in [-0.1, -0.05) is 48.5 Å². The van der Waals surface area contributed by atoms with Crippen molar-refractivity contribution < 1.29 is 9.59 Å². The number of fused-ring (bicyclic) bond motifs is 1. The Morgan fingerprint density at radius 2 is 1.55 bits per heavy atom. The number of amides is 2. The predicted octanol–water partition coefficient (Wildman–Crippen LogP) is 3.17. The lowest BCUT2D eigenvalue weighted by Gasteiger charge is -2.32. The SMILES string of the molecule is CN(C)C[C@]12CN(C(=O)CCCc3ccccc3)C[C@H]1CN(C(=O)c1ccccc1)C2. The highest BCUT2D eigenvalue weighted by Crippen LogP contribution is 2.43. The number of rotatable bonds is 7. The van der Waals surface area contributed by atoms with Gasteiger partial charge in [-0.25, -0.2) is 0 Å². The van der Waals surface area contributed by atoms with Crippen LogP contribution in [0.1, 0.15) is 28.8 Å². The van der Waals surface area contributed by atoms with Crippen molar-refractivity contribution in [1.82, 2.24) is 14.7 Å². The summed E-state index contributed by atoms with van der Waals surface area (Å²) in [4.78, 5) is 32.3. The molecule has 5 nitrogen and oxygen atoms in total. The minimum Gasteiger partial charge on any atom is -0.342 e. The van der Waals surface area contributed by atoms with Gasteiger partial charge in [0.05, 0.1) is 0 Å². The van der Waals surface area contributed by atoms with Gasteiger partial charge in [-0.15, -0.1) is 0 Å². The minimum absolute atomic E-state index is 0.0387. The molecule has 2 aromatic rings. The van der Waals surface area contributed by atoms with Gasteiger partial charge < -0.3 is 14.7 Å². The maximum absolute atomic E-state index is 13.0. The lowest BCUT2D eigenvalue weighted by Crippen LogP contribution is -2.43. The second kappa shape index (κ2) is 9.23. The molecule has 2 fully saturated rings. The average Bonchev–Trinajstić information content (AvgIpc) is 3.28. The maximum Gasteiger partial charge on any atom is 0.253 e. The molecule has 0 saturated carbocycles. The summed E-state index contributed by atoms with van der Waals surface area (Å²) < 4.78 is 0. The summed E-state index contributed by atoms with van der Waals surface area (Å²) in [6.45, 7) is 3.85. The molecule has 2 aliphatic rings. The molecule has 2 amide bonds. The van der Waals surface area contributed by atoms with Crippen molar-refractivity contribution in [3.8, 4) is 0 Å². The fourth-order valence-electron chi connectivity index (χ4n) is 5.39. The molecule has 5 heteroatoms. The van der Waals surface area contributed by atoms with Crippen LogP contribution in [0.5, 0.6) is 0 Å². The van der Waals surface area contributed by atoms with Crippen LogP contribution in [-0.4, -0.2) is 73.3 Å². The molecule has 0 bridgehead atoms. The van der Waals surface area contributed by atoms with Crippen LogP contribution < -0.4 is 0 Å². The molecule has 0 unspecified atom stereocenters. The zero-order chi connectivity index (χ0) is 21.8. The minimum atomic E-state index is -0.0387. The summed E-state index contributed by atoms with van der Waals surface area (Å²) in [5, 5.41) is 0. The first kappa shape index (κ1) is 21.6. The van der Waals surface area contributed by atoms with E-state index in [-0.39, 0.29) is 17.2 Å². The molecule has 31 heavy (non-hydrogen) atoms. The van der Waals surface area contributed by atoms with E-state index < -0.39 is 0 Å². The molecule has 0 spiro atoms. The van der Waals surface area contributed by atoms with Crippen LogP contribution in [0.15, 0.2) is 60.7 Å². The van der Waals surface area contributed by atoms with E-state index >= 15 is 0 Å².